The molecule has 0 amide bonds. The molecule has 4 heteroatoms. The summed E-state index contributed by atoms with van der Waals surface area (Å²) in [4.78, 5) is 14.2. The predicted octanol–water partition coefficient (Wildman–Crippen LogP) is 2.49. The third kappa shape index (κ3) is 2.69. The summed E-state index contributed by atoms with van der Waals surface area (Å²) in [5.41, 5.74) is 0.0148. The second-order valence-corrected chi connectivity index (χ2v) is 4.57. The van der Waals surface area contributed by atoms with Crippen molar-refractivity contribution < 1.29 is 13.6 Å². The Bertz CT molecular complexity index is 425. The number of carbonyl (C=O) groups excluding carboxylic acids is 1. The molecule has 1 aromatic rings. The van der Waals surface area contributed by atoms with Gasteiger partial charge in [0, 0.05) is 12.0 Å². The Labute approximate surface area is 99.2 Å². The second kappa shape index (κ2) is 4.92. The molecule has 0 spiro atoms. The third-order valence-corrected chi connectivity index (χ3v) is 3.29. The Kier molecular flexibility index (Phi) is 3.52. The highest BCUT2D eigenvalue weighted by atomic mass is 19.1. The number of halogens is 2. The van der Waals surface area contributed by atoms with E-state index in [1.807, 2.05) is 7.05 Å². The average Bonchev–Trinajstić information content (AvgIpc) is 2.29. The standard InChI is InChI=1S/C13H15F2NO/c1-16-6-4-9(5-7-16)13(17)11-3-2-10(14)8-12(11)15/h2-3,8-9H,4-7H2,1H3. The number of rotatable bonds is 2. The minimum Gasteiger partial charge on any atom is -0.306 e. The predicted molar refractivity (Wildman–Crippen MR) is 60.9 cm³/mol. The van der Waals surface area contributed by atoms with Crippen LogP contribution >= 0.6 is 0 Å². The molecule has 0 saturated carbocycles. The van der Waals surface area contributed by atoms with Gasteiger partial charge in [0.1, 0.15) is 11.6 Å². The molecule has 1 aliphatic rings. The minimum atomic E-state index is -0.756. The van der Waals surface area contributed by atoms with E-state index in [1.54, 1.807) is 0 Å². The monoisotopic (exact) mass is 239 g/mol. The van der Waals surface area contributed by atoms with Gasteiger partial charge in [-0.3, -0.25) is 4.79 Å². The van der Waals surface area contributed by atoms with E-state index in [4.69, 9.17) is 0 Å². The molecule has 0 aromatic heterocycles. The van der Waals surface area contributed by atoms with Crippen molar-refractivity contribution in [1.29, 1.82) is 0 Å². The summed E-state index contributed by atoms with van der Waals surface area (Å²) < 4.78 is 26.2. The molecule has 1 saturated heterocycles. The molecule has 92 valence electrons. The van der Waals surface area contributed by atoms with Crippen LogP contribution in [0.25, 0.3) is 0 Å². The first-order valence-corrected chi connectivity index (χ1v) is 5.75. The first-order chi connectivity index (χ1) is 8.08. The van der Waals surface area contributed by atoms with Crippen molar-refractivity contribution in [3.8, 4) is 0 Å². The minimum absolute atomic E-state index is 0.0148. The highest BCUT2D eigenvalue weighted by Crippen LogP contribution is 2.22. The number of piperidine rings is 1. The Morgan fingerprint density at radius 1 is 1.29 bits per heavy atom. The maximum Gasteiger partial charge on any atom is 0.168 e. The Morgan fingerprint density at radius 2 is 1.94 bits per heavy atom. The smallest absolute Gasteiger partial charge is 0.168 e. The molecule has 0 atom stereocenters. The van der Waals surface area contributed by atoms with E-state index in [1.165, 1.54) is 6.07 Å². The van der Waals surface area contributed by atoms with Crippen LogP contribution in [0.15, 0.2) is 18.2 Å². The molecule has 0 bridgehead atoms. The summed E-state index contributed by atoms with van der Waals surface area (Å²) in [6, 6.07) is 3.14. The zero-order chi connectivity index (χ0) is 12.4. The van der Waals surface area contributed by atoms with Crippen molar-refractivity contribution in [2.24, 2.45) is 5.92 Å². The summed E-state index contributed by atoms with van der Waals surface area (Å²) in [5.74, 6) is -1.74. The molecule has 1 heterocycles. The van der Waals surface area contributed by atoms with E-state index in [2.05, 4.69) is 4.90 Å². The fraction of sp³-hybridized carbons (Fsp3) is 0.462. The van der Waals surface area contributed by atoms with Crippen molar-refractivity contribution in [2.75, 3.05) is 20.1 Å². The summed E-state index contributed by atoms with van der Waals surface area (Å²) in [7, 11) is 2.00. The highest BCUT2D eigenvalue weighted by Gasteiger charge is 2.26. The number of hydrogen-bond acceptors (Lipinski definition) is 2. The summed E-state index contributed by atoms with van der Waals surface area (Å²) in [6.45, 7) is 1.69. The fourth-order valence-corrected chi connectivity index (χ4v) is 2.18. The van der Waals surface area contributed by atoms with E-state index in [-0.39, 0.29) is 17.3 Å². The number of benzene rings is 1. The molecule has 1 aliphatic heterocycles. The van der Waals surface area contributed by atoms with Crippen molar-refractivity contribution in [3.05, 3.63) is 35.4 Å². The van der Waals surface area contributed by atoms with Crippen molar-refractivity contribution in [3.63, 3.8) is 0 Å². The lowest BCUT2D eigenvalue weighted by Crippen LogP contribution is -2.33. The molecular weight excluding hydrogens is 224 g/mol. The molecule has 2 nitrogen and oxygen atoms in total. The van der Waals surface area contributed by atoms with Gasteiger partial charge in [-0.05, 0) is 45.1 Å². The molecule has 1 aromatic carbocycles. The summed E-state index contributed by atoms with van der Waals surface area (Å²) >= 11 is 0. The SMILES string of the molecule is CN1CCC(C(=O)c2ccc(F)cc2F)CC1. The van der Waals surface area contributed by atoms with Gasteiger partial charge in [-0.15, -0.1) is 0 Å². The van der Waals surface area contributed by atoms with Crippen molar-refractivity contribution >= 4 is 5.78 Å². The van der Waals surface area contributed by atoms with Gasteiger partial charge in [0.05, 0.1) is 5.56 Å². The number of nitrogens with zero attached hydrogens (tertiary/aromatic N) is 1. The van der Waals surface area contributed by atoms with Crippen LogP contribution in [0.3, 0.4) is 0 Å². The van der Waals surface area contributed by atoms with Gasteiger partial charge in [0.15, 0.2) is 5.78 Å². The van der Waals surface area contributed by atoms with Crippen LogP contribution in [-0.4, -0.2) is 30.8 Å². The largest absolute Gasteiger partial charge is 0.306 e. The topological polar surface area (TPSA) is 20.3 Å². The number of hydrogen-bond donors (Lipinski definition) is 0. The van der Waals surface area contributed by atoms with Crippen LogP contribution in [-0.2, 0) is 0 Å². The average molecular weight is 239 g/mol. The van der Waals surface area contributed by atoms with Crippen LogP contribution in [0.5, 0.6) is 0 Å². The van der Waals surface area contributed by atoms with Gasteiger partial charge in [-0.2, -0.15) is 0 Å². The Hall–Kier alpha value is -1.29. The van der Waals surface area contributed by atoms with Crippen LogP contribution in [0, 0.1) is 17.6 Å². The number of Topliss-reactive ketones (excluding diaryl/α,β-unsaturated/α-hetero) is 1. The van der Waals surface area contributed by atoms with Crippen LogP contribution in [0.4, 0.5) is 8.78 Å². The number of likely N-dealkylation sites (tertiary alicyclic amines) is 1. The van der Waals surface area contributed by atoms with Crippen LogP contribution in [0.2, 0.25) is 0 Å². The van der Waals surface area contributed by atoms with Crippen molar-refractivity contribution in [1.82, 2.24) is 4.90 Å². The highest BCUT2D eigenvalue weighted by molar-refractivity contribution is 5.98. The fourth-order valence-electron chi connectivity index (χ4n) is 2.18. The lowest BCUT2D eigenvalue weighted by atomic mass is 9.89. The molecule has 0 unspecified atom stereocenters. The van der Waals surface area contributed by atoms with Gasteiger partial charge in [-0.25, -0.2) is 8.78 Å². The quantitative estimate of drug-likeness (QED) is 0.739. The van der Waals surface area contributed by atoms with Crippen LogP contribution < -0.4 is 0 Å². The third-order valence-electron chi connectivity index (χ3n) is 3.29. The van der Waals surface area contributed by atoms with Crippen LogP contribution in [0.1, 0.15) is 23.2 Å². The maximum absolute atomic E-state index is 13.5. The summed E-state index contributed by atoms with van der Waals surface area (Å²) in [5, 5.41) is 0. The molecule has 0 radical (unpaired) electrons. The zero-order valence-electron chi connectivity index (χ0n) is 9.75. The van der Waals surface area contributed by atoms with Crippen molar-refractivity contribution in [2.45, 2.75) is 12.8 Å². The zero-order valence-corrected chi connectivity index (χ0v) is 9.75. The lowest BCUT2D eigenvalue weighted by Gasteiger charge is -2.28. The molecule has 17 heavy (non-hydrogen) atoms. The van der Waals surface area contributed by atoms with E-state index in [9.17, 15) is 13.6 Å². The maximum atomic E-state index is 13.5. The van der Waals surface area contributed by atoms with Gasteiger partial charge >= 0.3 is 0 Å². The number of ketones is 1. The molecule has 2 rings (SSSR count). The first kappa shape index (κ1) is 12.2. The van der Waals surface area contributed by atoms with E-state index in [0.717, 1.165) is 38.1 Å². The lowest BCUT2D eigenvalue weighted by molar-refractivity contribution is 0.0852. The van der Waals surface area contributed by atoms with E-state index in [0.29, 0.717) is 0 Å². The summed E-state index contributed by atoms with van der Waals surface area (Å²) in [6.07, 6.45) is 1.48. The van der Waals surface area contributed by atoms with Gasteiger partial charge in [0.25, 0.3) is 0 Å². The molecule has 1 fully saturated rings. The Morgan fingerprint density at radius 3 is 2.53 bits per heavy atom. The van der Waals surface area contributed by atoms with E-state index >= 15 is 0 Å². The second-order valence-electron chi connectivity index (χ2n) is 4.57. The van der Waals surface area contributed by atoms with Gasteiger partial charge in [-0.1, -0.05) is 0 Å². The first-order valence-electron chi connectivity index (χ1n) is 5.75. The molecular formula is C13H15F2NO. The van der Waals surface area contributed by atoms with Gasteiger partial charge < -0.3 is 4.90 Å². The molecule has 0 N–H and O–H groups in total. The Balaban J connectivity index is 2.14. The van der Waals surface area contributed by atoms with E-state index < -0.39 is 11.6 Å². The van der Waals surface area contributed by atoms with Gasteiger partial charge in [0.2, 0.25) is 0 Å². The molecule has 0 aliphatic carbocycles. The normalized spacial score (nSPS) is 18.3. The number of carbonyl (C=O) groups is 1.